The van der Waals surface area contributed by atoms with Gasteiger partial charge in [-0.25, -0.2) is 4.98 Å². The molecular weight excluding hydrogens is 266 g/mol. The Hall–Kier alpha value is -2.30. The Bertz CT molecular complexity index is 619. The van der Waals surface area contributed by atoms with E-state index in [0.717, 1.165) is 17.1 Å². The smallest absolute Gasteiger partial charge is 0.223 e. The van der Waals surface area contributed by atoms with Crippen molar-refractivity contribution in [2.75, 3.05) is 7.11 Å². The standard InChI is InChI=1S/C16H21N3O2/c1-11(2)16(20)18-14(15-17-9-10-19(15)3)12-7-5-6-8-13(12)21-4/h5-11,14H,1-4H3,(H,18,20)/t14-/m1/s1. The van der Waals surface area contributed by atoms with Crippen molar-refractivity contribution in [1.82, 2.24) is 14.9 Å². The van der Waals surface area contributed by atoms with Gasteiger partial charge in [-0.05, 0) is 6.07 Å². The second kappa shape index (κ2) is 6.43. The normalized spacial score (nSPS) is 12.2. The molecule has 1 amide bonds. The zero-order chi connectivity index (χ0) is 15.4. The zero-order valence-corrected chi connectivity index (χ0v) is 12.8. The molecule has 1 atom stereocenters. The van der Waals surface area contributed by atoms with Crippen LogP contribution in [0.4, 0.5) is 0 Å². The van der Waals surface area contributed by atoms with Gasteiger partial charge in [0.25, 0.3) is 0 Å². The molecule has 0 radical (unpaired) electrons. The molecule has 0 aliphatic carbocycles. The highest BCUT2D eigenvalue weighted by atomic mass is 16.5. The van der Waals surface area contributed by atoms with Gasteiger partial charge in [0.1, 0.15) is 17.6 Å². The third-order valence-corrected chi connectivity index (χ3v) is 3.38. The number of benzene rings is 1. The van der Waals surface area contributed by atoms with E-state index in [1.54, 1.807) is 13.3 Å². The van der Waals surface area contributed by atoms with E-state index < -0.39 is 0 Å². The second-order valence-electron chi connectivity index (χ2n) is 5.23. The lowest BCUT2D eigenvalue weighted by atomic mass is 10.0. The number of carbonyl (C=O) groups excluding carboxylic acids is 1. The summed E-state index contributed by atoms with van der Waals surface area (Å²) in [6, 6.07) is 7.32. The van der Waals surface area contributed by atoms with Gasteiger partial charge in [-0.2, -0.15) is 0 Å². The average Bonchev–Trinajstić information content (AvgIpc) is 2.90. The van der Waals surface area contributed by atoms with Crippen LogP contribution in [0.2, 0.25) is 0 Å². The molecule has 1 N–H and O–H groups in total. The number of ether oxygens (including phenoxy) is 1. The first-order valence-electron chi connectivity index (χ1n) is 6.95. The van der Waals surface area contributed by atoms with E-state index >= 15 is 0 Å². The van der Waals surface area contributed by atoms with E-state index in [1.807, 2.05) is 55.9 Å². The maximum atomic E-state index is 12.1. The van der Waals surface area contributed by atoms with Crippen LogP contribution in [0.1, 0.15) is 31.3 Å². The van der Waals surface area contributed by atoms with Gasteiger partial charge in [-0.3, -0.25) is 4.79 Å². The number of imidazole rings is 1. The summed E-state index contributed by atoms with van der Waals surface area (Å²) < 4.78 is 7.32. The van der Waals surface area contributed by atoms with Gasteiger partial charge < -0.3 is 14.6 Å². The molecule has 112 valence electrons. The highest BCUT2D eigenvalue weighted by Gasteiger charge is 2.24. The van der Waals surface area contributed by atoms with Crippen molar-refractivity contribution in [3.8, 4) is 5.75 Å². The number of carbonyl (C=O) groups is 1. The molecular formula is C16H21N3O2. The molecule has 0 unspecified atom stereocenters. The number of nitrogens with zero attached hydrogens (tertiary/aromatic N) is 2. The van der Waals surface area contributed by atoms with Gasteiger partial charge in [-0.1, -0.05) is 32.0 Å². The minimum Gasteiger partial charge on any atom is -0.496 e. The molecule has 5 heteroatoms. The minimum atomic E-state index is -0.337. The van der Waals surface area contributed by atoms with Crippen LogP contribution in [0.25, 0.3) is 0 Å². The van der Waals surface area contributed by atoms with Crippen molar-refractivity contribution in [3.63, 3.8) is 0 Å². The predicted octanol–water partition coefficient (Wildman–Crippen LogP) is 2.29. The molecule has 1 aromatic carbocycles. The van der Waals surface area contributed by atoms with Crippen LogP contribution in [0, 0.1) is 5.92 Å². The number of nitrogens with one attached hydrogen (secondary N) is 1. The van der Waals surface area contributed by atoms with Crippen LogP contribution in [0.15, 0.2) is 36.7 Å². The first-order valence-corrected chi connectivity index (χ1v) is 6.95. The van der Waals surface area contributed by atoms with Crippen molar-refractivity contribution in [1.29, 1.82) is 0 Å². The Morgan fingerprint density at radius 2 is 2.05 bits per heavy atom. The average molecular weight is 287 g/mol. The Morgan fingerprint density at radius 1 is 1.33 bits per heavy atom. The quantitative estimate of drug-likeness (QED) is 0.918. The molecule has 1 aromatic heterocycles. The molecule has 0 saturated heterocycles. The summed E-state index contributed by atoms with van der Waals surface area (Å²) in [6.07, 6.45) is 3.58. The summed E-state index contributed by atoms with van der Waals surface area (Å²) in [5, 5.41) is 3.05. The van der Waals surface area contributed by atoms with Crippen molar-refractivity contribution in [3.05, 3.63) is 48.0 Å². The van der Waals surface area contributed by atoms with Crippen LogP contribution in [0.3, 0.4) is 0 Å². The van der Waals surface area contributed by atoms with Crippen molar-refractivity contribution in [2.45, 2.75) is 19.9 Å². The maximum absolute atomic E-state index is 12.1. The Kier molecular flexibility index (Phi) is 4.62. The number of hydrogen-bond donors (Lipinski definition) is 1. The molecule has 1 heterocycles. The van der Waals surface area contributed by atoms with Crippen LogP contribution in [-0.2, 0) is 11.8 Å². The number of amides is 1. The summed E-state index contributed by atoms with van der Waals surface area (Å²) in [6.45, 7) is 3.74. The lowest BCUT2D eigenvalue weighted by molar-refractivity contribution is -0.124. The Morgan fingerprint density at radius 3 is 2.62 bits per heavy atom. The van der Waals surface area contributed by atoms with Crippen LogP contribution >= 0.6 is 0 Å². The van der Waals surface area contributed by atoms with E-state index in [1.165, 1.54) is 0 Å². The highest BCUT2D eigenvalue weighted by molar-refractivity contribution is 5.78. The van der Waals surface area contributed by atoms with Crippen molar-refractivity contribution in [2.24, 2.45) is 13.0 Å². The topological polar surface area (TPSA) is 56.1 Å². The monoisotopic (exact) mass is 287 g/mol. The zero-order valence-electron chi connectivity index (χ0n) is 12.8. The van der Waals surface area contributed by atoms with Gasteiger partial charge in [-0.15, -0.1) is 0 Å². The number of methoxy groups -OCH3 is 1. The summed E-state index contributed by atoms with van der Waals surface area (Å²) >= 11 is 0. The molecule has 21 heavy (non-hydrogen) atoms. The van der Waals surface area contributed by atoms with Gasteiger partial charge >= 0.3 is 0 Å². The molecule has 0 aliphatic rings. The minimum absolute atomic E-state index is 0.0195. The fraction of sp³-hybridized carbons (Fsp3) is 0.375. The molecule has 2 aromatic rings. The van der Waals surface area contributed by atoms with Crippen molar-refractivity contribution >= 4 is 5.91 Å². The van der Waals surface area contributed by atoms with Crippen molar-refractivity contribution < 1.29 is 9.53 Å². The molecule has 2 rings (SSSR count). The molecule has 5 nitrogen and oxygen atoms in total. The third kappa shape index (κ3) is 3.24. The molecule has 0 fully saturated rings. The van der Waals surface area contributed by atoms with E-state index in [-0.39, 0.29) is 17.9 Å². The van der Waals surface area contributed by atoms with Gasteiger partial charge in [0.05, 0.1) is 7.11 Å². The summed E-state index contributed by atoms with van der Waals surface area (Å²) in [5.74, 6) is 1.39. The van der Waals surface area contributed by atoms with E-state index in [9.17, 15) is 4.79 Å². The first-order chi connectivity index (χ1) is 10.0. The van der Waals surface area contributed by atoms with E-state index in [2.05, 4.69) is 10.3 Å². The van der Waals surface area contributed by atoms with Gasteiger partial charge in [0.15, 0.2) is 0 Å². The highest BCUT2D eigenvalue weighted by Crippen LogP contribution is 2.29. The number of para-hydroxylation sites is 1. The number of aromatic nitrogens is 2. The number of hydrogen-bond acceptors (Lipinski definition) is 3. The fourth-order valence-electron chi connectivity index (χ4n) is 2.15. The largest absolute Gasteiger partial charge is 0.496 e. The molecule has 0 bridgehead atoms. The van der Waals surface area contributed by atoms with Gasteiger partial charge in [0, 0.05) is 30.9 Å². The number of rotatable bonds is 5. The third-order valence-electron chi connectivity index (χ3n) is 3.38. The fourth-order valence-corrected chi connectivity index (χ4v) is 2.15. The van der Waals surface area contributed by atoms with Gasteiger partial charge in [0.2, 0.25) is 5.91 Å². The lowest BCUT2D eigenvalue weighted by Crippen LogP contribution is -2.34. The Labute approximate surface area is 125 Å². The molecule has 0 spiro atoms. The van der Waals surface area contributed by atoms with Crippen LogP contribution < -0.4 is 10.1 Å². The number of aryl methyl sites for hydroxylation is 1. The maximum Gasteiger partial charge on any atom is 0.223 e. The first kappa shape index (κ1) is 15.1. The Balaban J connectivity index is 2.45. The molecule has 0 saturated carbocycles. The molecule has 0 aliphatic heterocycles. The van der Waals surface area contributed by atoms with E-state index in [0.29, 0.717) is 0 Å². The van der Waals surface area contributed by atoms with Crippen LogP contribution in [-0.4, -0.2) is 22.6 Å². The summed E-state index contributed by atoms with van der Waals surface area (Å²) in [7, 11) is 3.53. The SMILES string of the molecule is COc1ccccc1[C@@H](NC(=O)C(C)C)c1nccn1C. The summed E-state index contributed by atoms with van der Waals surface area (Å²) in [4.78, 5) is 16.5. The van der Waals surface area contributed by atoms with Crippen LogP contribution in [0.5, 0.6) is 5.75 Å². The lowest BCUT2D eigenvalue weighted by Gasteiger charge is -2.22. The second-order valence-corrected chi connectivity index (χ2v) is 5.23. The predicted molar refractivity (Wildman–Crippen MR) is 81.0 cm³/mol. The summed E-state index contributed by atoms with van der Waals surface area (Å²) in [5.41, 5.74) is 0.892. The van der Waals surface area contributed by atoms with E-state index in [4.69, 9.17) is 4.74 Å².